The summed E-state index contributed by atoms with van der Waals surface area (Å²) in [6.07, 6.45) is -0.751. The second-order valence-corrected chi connectivity index (χ2v) is 8.49. The van der Waals surface area contributed by atoms with E-state index in [1.165, 1.54) is 11.3 Å². The Bertz CT molecular complexity index is 1080. The number of carbonyl (C=O) groups excluding carboxylic acids is 2. The van der Waals surface area contributed by atoms with E-state index in [0.29, 0.717) is 16.3 Å². The quantitative estimate of drug-likeness (QED) is 0.480. The summed E-state index contributed by atoms with van der Waals surface area (Å²) in [6, 6.07) is 12.4. The van der Waals surface area contributed by atoms with Crippen LogP contribution in [0.15, 0.2) is 48.5 Å². The average molecular weight is 445 g/mol. The van der Waals surface area contributed by atoms with Gasteiger partial charge < -0.3 is 26.6 Å². The number of thiazole rings is 1. The number of primary amides is 1. The lowest BCUT2D eigenvalue weighted by molar-refractivity contribution is -0.139. The highest BCUT2D eigenvalue weighted by atomic mass is 32.1. The summed E-state index contributed by atoms with van der Waals surface area (Å²) in [5, 5.41) is 11.9. The van der Waals surface area contributed by atoms with Crippen LogP contribution in [0, 0.1) is 0 Å². The van der Waals surface area contributed by atoms with Gasteiger partial charge in [-0.2, -0.15) is 0 Å². The number of fused-ring (bicyclic) bond motifs is 1. The third-order valence-corrected chi connectivity index (χ3v) is 4.58. The minimum absolute atomic E-state index is 0.436. The van der Waals surface area contributed by atoms with E-state index in [0.717, 1.165) is 10.2 Å². The molecule has 3 aromatic rings. The monoisotopic (exact) mass is 444 g/mol. The number of nitrogens with one attached hydrogen (secondary N) is 1. The zero-order valence-electron chi connectivity index (χ0n) is 17.3. The van der Waals surface area contributed by atoms with Gasteiger partial charge in [-0.25, -0.2) is 14.6 Å². The molecule has 164 valence electrons. The zero-order valence-corrected chi connectivity index (χ0v) is 18.1. The van der Waals surface area contributed by atoms with Crippen LogP contribution < -0.4 is 16.8 Å². The second kappa shape index (κ2) is 9.90. The molecule has 9 nitrogen and oxygen atoms in total. The van der Waals surface area contributed by atoms with Crippen LogP contribution in [-0.2, 0) is 9.53 Å². The van der Waals surface area contributed by atoms with E-state index in [9.17, 15) is 14.4 Å². The van der Waals surface area contributed by atoms with Crippen LogP contribution in [0.2, 0.25) is 0 Å². The highest BCUT2D eigenvalue weighted by Gasteiger charge is 2.25. The van der Waals surface area contributed by atoms with Crippen molar-refractivity contribution in [2.75, 3.05) is 5.73 Å². The minimum Gasteiger partial charge on any atom is -0.479 e. The molecule has 1 heterocycles. The first-order valence-electron chi connectivity index (χ1n) is 9.19. The number of hydrogen-bond acceptors (Lipinski definition) is 7. The van der Waals surface area contributed by atoms with Gasteiger partial charge in [-0.15, -0.1) is 0 Å². The maximum Gasteiger partial charge on any atom is 0.408 e. The van der Waals surface area contributed by atoms with Crippen molar-refractivity contribution in [3.05, 3.63) is 59.7 Å². The van der Waals surface area contributed by atoms with Gasteiger partial charge in [0.1, 0.15) is 5.60 Å². The van der Waals surface area contributed by atoms with Crippen LogP contribution in [-0.4, -0.2) is 33.7 Å². The number of hydrogen-bond donors (Lipinski definition) is 4. The van der Waals surface area contributed by atoms with Gasteiger partial charge in [0.25, 0.3) is 0 Å². The number of anilines is 1. The fourth-order valence-corrected chi connectivity index (χ4v) is 3.23. The number of alkyl carbamates (subject to hydrolysis) is 1. The number of aliphatic carboxylic acids is 1. The van der Waals surface area contributed by atoms with E-state index in [1.54, 1.807) is 69.3 Å². The number of aromatic nitrogens is 1. The third-order valence-electron chi connectivity index (χ3n) is 3.73. The lowest BCUT2D eigenvalue weighted by Crippen LogP contribution is -2.38. The van der Waals surface area contributed by atoms with Crippen LogP contribution >= 0.6 is 11.3 Å². The van der Waals surface area contributed by atoms with E-state index in [2.05, 4.69) is 10.3 Å². The SMILES string of the molecule is CC(C)(C)OC(=O)N[C@@H](C(=O)O)c1ccccc1.NC(=O)c1ccc2nc(N)sc2c1. The van der Waals surface area contributed by atoms with E-state index >= 15 is 0 Å². The summed E-state index contributed by atoms with van der Waals surface area (Å²) in [5.41, 5.74) is 11.7. The van der Waals surface area contributed by atoms with Gasteiger partial charge in [0, 0.05) is 5.56 Å². The molecule has 0 bridgehead atoms. The normalized spacial score (nSPS) is 11.7. The number of benzene rings is 2. The van der Waals surface area contributed by atoms with E-state index in [4.69, 9.17) is 21.3 Å². The van der Waals surface area contributed by atoms with E-state index in [1.807, 2.05) is 0 Å². The van der Waals surface area contributed by atoms with Gasteiger partial charge in [-0.3, -0.25) is 4.79 Å². The van der Waals surface area contributed by atoms with Crippen molar-refractivity contribution >= 4 is 44.7 Å². The number of carbonyl (C=O) groups is 3. The largest absolute Gasteiger partial charge is 0.479 e. The molecule has 10 heteroatoms. The molecule has 0 aliphatic carbocycles. The summed E-state index contributed by atoms with van der Waals surface area (Å²) < 4.78 is 5.91. The predicted octanol–water partition coefficient (Wildman–Crippen LogP) is 3.31. The molecule has 0 radical (unpaired) electrons. The van der Waals surface area contributed by atoms with Gasteiger partial charge in [0.05, 0.1) is 10.2 Å². The van der Waals surface area contributed by atoms with E-state index in [-0.39, 0.29) is 0 Å². The van der Waals surface area contributed by atoms with Gasteiger partial charge >= 0.3 is 12.1 Å². The third kappa shape index (κ3) is 7.27. The van der Waals surface area contributed by atoms with Crippen LogP contribution in [0.4, 0.5) is 9.93 Å². The molecule has 1 aromatic heterocycles. The molecule has 2 amide bonds. The number of nitrogens with two attached hydrogens (primary N) is 2. The first kappa shape index (κ1) is 23.6. The van der Waals surface area contributed by atoms with Gasteiger partial charge in [-0.05, 0) is 44.5 Å². The molecule has 0 unspecified atom stereocenters. The summed E-state index contributed by atoms with van der Waals surface area (Å²) in [6.45, 7) is 5.14. The Kier molecular flexibility index (Phi) is 7.54. The number of amides is 2. The van der Waals surface area contributed by atoms with Crippen molar-refractivity contribution in [1.82, 2.24) is 10.3 Å². The van der Waals surface area contributed by atoms with Crippen molar-refractivity contribution in [1.29, 1.82) is 0 Å². The molecule has 0 saturated carbocycles. The fraction of sp³-hybridized carbons (Fsp3) is 0.238. The second-order valence-electron chi connectivity index (χ2n) is 7.43. The molecule has 0 aliphatic heterocycles. The predicted molar refractivity (Wildman–Crippen MR) is 119 cm³/mol. The smallest absolute Gasteiger partial charge is 0.408 e. The molecular formula is C21H24N4O5S. The Hall–Kier alpha value is -3.66. The average Bonchev–Trinajstić information content (AvgIpc) is 3.05. The Labute approximate surface area is 183 Å². The molecule has 0 aliphatic rings. The van der Waals surface area contributed by atoms with Crippen LogP contribution in [0.3, 0.4) is 0 Å². The van der Waals surface area contributed by atoms with Gasteiger partial charge in [0.2, 0.25) is 5.91 Å². The molecule has 3 rings (SSSR count). The summed E-state index contributed by atoms with van der Waals surface area (Å²) in [5.74, 6) is -1.57. The topological polar surface area (TPSA) is 158 Å². The lowest BCUT2D eigenvalue weighted by atomic mass is 10.1. The van der Waals surface area contributed by atoms with Crippen LogP contribution in [0.1, 0.15) is 42.7 Å². The number of nitrogen functional groups attached to an aromatic ring is 1. The van der Waals surface area contributed by atoms with Crippen molar-refractivity contribution in [2.45, 2.75) is 32.4 Å². The first-order chi connectivity index (χ1) is 14.5. The highest BCUT2D eigenvalue weighted by Crippen LogP contribution is 2.24. The first-order valence-corrected chi connectivity index (χ1v) is 10.0. The Morgan fingerprint density at radius 2 is 1.77 bits per heavy atom. The molecule has 2 aromatic carbocycles. The van der Waals surface area contributed by atoms with E-state index < -0.39 is 29.6 Å². The molecule has 0 saturated heterocycles. The fourth-order valence-electron chi connectivity index (χ4n) is 2.45. The standard InChI is InChI=1S/C13H17NO4.C8H7N3OS/c1-13(2,3)18-12(17)14-10(11(15)16)9-7-5-4-6-8-9;9-7(12)4-1-2-5-6(3-4)13-8(10)11-5/h4-8,10H,1-3H3,(H,14,17)(H,15,16);1-3H,(H2,9,12)(H2,10,11)/t10-;/m1./s1. The molecular weight excluding hydrogens is 420 g/mol. The van der Waals surface area contributed by atoms with Crippen LogP contribution in [0.25, 0.3) is 10.2 Å². The number of nitrogens with zero attached hydrogens (tertiary/aromatic N) is 1. The van der Waals surface area contributed by atoms with Crippen molar-refractivity contribution in [3.8, 4) is 0 Å². The summed E-state index contributed by atoms with van der Waals surface area (Å²) >= 11 is 1.34. The minimum atomic E-state index is -1.13. The Morgan fingerprint density at radius 1 is 1.13 bits per heavy atom. The maximum absolute atomic E-state index is 11.6. The Balaban J connectivity index is 0.000000231. The molecule has 31 heavy (non-hydrogen) atoms. The van der Waals surface area contributed by atoms with Gasteiger partial charge in [0.15, 0.2) is 11.2 Å². The summed E-state index contributed by atoms with van der Waals surface area (Å²) in [7, 11) is 0. The van der Waals surface area contributed by atoms with Crippen LogP contribution in [0.5, 0.6) is 0 Å². The van der Waals surface area contributed by atoms with Crippen molar-refractivity contribution < 1.29 is 24.2 Å². The lowest BCUT2D eigenvalue weighted by Gasteiger charge is -2.22. The number of carboxylic acid groups (broad SMARTS) is 1. The van der Waals surface area contributed by atoms with Crippen molar-refractivity contribution in [2.24, 2.45) is 5.73 Å². The number of carboxylic acids is 1. The number of rotatable bonds is 4. The maximum atomic E-state index is 11.6. The number of ether oxygens (including phenoxy) is 1. The Morgan fingerprint density at radius 3 is 2.32 bits per heavy atom. The molecule has 6 N–H and O–H groups in total. The highest BCUT2D eigenvalue weighted by molar-refractivity contribution is 7.22. The van der Waals surface area contributed by atoms with Crippen molar-refractivity contribution in [3.63, 3.8) is 0 Å². The summed E-state index contributed by atoms with van der Waals surface area (Å²) in [4.78, 5) is 37.6. The molecule has 0 fully saturated rings. The van der Waals surface area contributed by atoms with Gasteiger partial charge in [-0.1, -0.05) is 41.7 Å². The molecule has 1 atom stereocenters. The zero-order chi connectivity index (χ0) is 23.2. The molecule has 0 spiro atoms.